The minimum atomic E-state index is -0.599. The first-order valence-corrected chi connectivity index (χ1v) is 7.15. The summed E-state index contributed by atoms with van der Waals surface area (Å²) in [4.78, 5) is 4.25. The third-order valence-electron chi connectivity index (χ3n) is 4.51. The van der Waals surface area contributed by atoms with Crippen LogP contribution in [0.3, 0.4) is 0 Å². The van der Waals surface area contributed by atoms with Crippen molar-refractivity contribution in [2.24, 2.45) is 0 Å². The van der Waals surface area contributed by atoms with Gasteiger partial charge in [-0.2, -0.15) is 0 Å². The maximum absolute atomic E-state index is 14.3. The van der Waals surface area contributed by atoms with Gasteiger partial charge in [-0.15, -0.1) is 6.58 Å². The van der Waals surface area contributed by atoms with E-state index in [-0.39, 0.29) is 5.82 Å². The van der Waals surface area contributed by atoms with Crippen LogP contribution >= 0.6 is 0 Å². The van der Waals surface area contributed by atoms with E-state index in [1.165, 1.54) is 6.07 Å². The maximum atomic E-state index is 14.3. The predicted molar refractivity (Wildman–Crippen MR) is 83.1 cm³/mol. The summed E-state index contributed by atoms with van der Waals surface area (Å²) in [5.41, 5.74) is -0.452. The highest BCUT2D eigenvalue weighted by atomic mass is 19.1. The van der Waals surface area contributed by atoms with Gasteiger partial charge in [0.1, 0.15) is 5.82 Å². The molecule has 114 valence electrons. The van der Waals surface area contributed by atoms with E-state index in [1.54, 1.807) is 12.3 Å². The van der Waals surface area contributed by atoms with Crippen LogP contribution in [0.15, 0.2) is 24.9 Å². The molecule has 1 aliphatic rings. The second kappa shape index (κ2) is 4.92. The Balaban J connectivity index is 2.33. The smallest absolute Gasteiger partial charge is 0.399 e. The fraction of sp³-hybridized carbons (Fsp3) is 0.562. The molecule has 2 rings (SSSR count). The molecule has 1 saturated heterocycles. The Morgan fingerprint density at radius 3 is 2.19 bits per heavy atom. The third kappa shape index (κ3) is 2.77. The zero-order chi connectivity index (χ0) is 16.1. The number of rotatable bonds is 3. The molecule has 1 aliphatic heterocycles. The second-order valence-electron chi connectivity index (χ2n) is 7.11. The van der Waals surface area contributed by atoms with Crippen LogP contribution in [-0.4, -0.2) is 23.3 Å². The molecule has 1 fully saturated rings. The molecule has 0 N–H and O–H groups in total. The largest absolute Gasteiger partial charge is 0.496 e. The van der Waals surface area contributed by atoms with Crippen molar-refractivity contribution in [1.29, 1.82) is 0 Å². The molecule has 21 heavy (non-hydrogen) atoms. The van der Waals surface area contributed by atoms with Gasteiger partial charge in [0.15, 0.2) is 0 Å². The van der Waals surface area contributed by atoms with Gasteiger partial charge in [0.2, 0.25) is 0 Å². The Kier molecular flexibility index (Phi) is 3.79. The summed E-state index contributed by atoms with van der Waals surface area (Å²) in [5.74, 6) is -0.368. The molecule has 0 aliphatic carbocycles. The Labute approximate surface area is 126 Å². The van der Waals surface area contributed by atoms with Gasteiger partial charge in [-0.05, 0) is 33.8 Å². The van der Waals surface area contributed by atoms with Crippen molar-refractivity contribution >= 4 is 12.6 Å². The van der Waals surface area contributed by atoms with Crippen LogP contribution in [0.25, 0.3) is 0 Å². The lowest BCUT2D eigenvalue weighted by atomic mass is 9.79. The number of nitrogens with zero attached hydrogens (tertiary/aromatic N) is 1. The first-order valence-electron chi connectivity index (χ1n) is 7.15. The van der Waals surface area contributed by atoms with E-state index < -0.39 is 23.7 Å². The van der Waals surface area contributed by atoms with E-state index in [0.29, 0.717) is 11.2 Å². The molecule has 0 spiro atoms. The average Bonchev–Trinajstić information content (AvgIpc) is 2.58. The number of aromatic nitrogens is 1. The van der Waals surface area contributed by atoms with Gasteiger partial charge in [-0.1, -0.05) is 19.9 Å². The van der Waals surface area contributed by atoms with Gasteiger partial charge < -0.3 is 9.31 Å². The zero-order valence-corrected chi connectivity index (χ0v) is 13.7. The topological polar surface area (TPSA) is 31.4 Å². The number of allylic oxidation sites excluding steroid dienone is 1. The maximum Gasteiger partial charge on any atom is 0.496 e. The van der Waals surface area contributed by atoms with E-state index in [4.69, 9.17) is 9.31 Å². The van der Waals surface area contributed by atoms with Crippen LogP contribution in [0.4, 0.5) is 4.39 Å². The molecule has 0 unspecified atom stereocenters. The summed E-state index contributed by atoms with van der Waals surface area (Å²) in [6.45, 7) is 15.3. The molecular weight excluding hydrogens is 268 g/mol. The van der Waals surface area contributed by atoms with E-state index >= 15 is 0 Å². The van der Waals surface area contributed by atoms with E-state index in [2.05, 4.69) is 11.6 Å². The summed E-state index contributed by atoms with van der Waals surface area (Å²) in [7, 11) is -0.599. The fourth-order valence-corrected chi connectivity index (χ4v) is 2.13. The molecule has 0 aromatic carbocycles. The number of halogens is 1. The molecule has 0 atom stereocenters. The van der Waals surface area contributed by atoms with Gasteiger partial charge in [0.05, 0.1) is 16.9 Å². The Hall–Kier alpha value is -1.20. The van der Waals surface area contributed by atoms with Crippen molar-refractivity contribution in [3.8, 4) is 0 Å². The van der Waals surface area contributed by atoms with Gasteiger partial charge in [-0.25, -0.2) is 4.39 Å². The lowest BCUT2D eigenvalue weighted by molar-refractivity contribution is 0.00578. The van der Waals surface area contributed by atoms with Gasteiger partial charge >= 0.3 is 7.12 Å². The number of hydrogen-bond acceptors (Lipinski definition) is 3. The molecule has 0 saturated carbocycles. The molecule has 2 heterocycles. The van der Waals surface area contributed by atoms with Crippen LogP contribution in [0.1, 0.15) is 47.2 Å². The molecule has 0 amide bonds. The minimum absolute atomic E-state index is 0.368. The monoisotopic (exact) mass is 291 g/mol. The van der Waals surface area contributed by atoms with Crippen molar-refractivity contribution in [3.63, 3.8) is 0 Å². The zero-order valence-electron chi connectivity index (χ0n) is 13.7. The number of hydrogen-bond donors (Lipinski definition) is 0. The highest BCUT2D eigenvalue weighted by Gasteiger charge is 2.52. The van der Waals surface area contributed by atoms with E-state index in [1.807, 2.05) is 41.5 Å². The summed E-state index contributed by atoms with van der Waals surface area (Å²) < 4.78 is 26.2. The van der Waals surface area contributed by atoms with Crippen LogP contribution in [0, 0.1) is 5.82 Å². The first kappa shape index (κ1) is 16.2. The van der Waals surface area contributed by atoms with Gasteiger partial charge in [0, 0.05) is 17.1 Å². The highest BCUT2D eigenvalue weighted by molar-refractivity contribution is 6.62. The van der Waals surface area contributed by atoms with Crippen LogP contribution in [0.2, 0.25) is 0 Å². The molecule has 3 nitrogen and oxygen atoms in total. The Bertz CT molecular complexity index is 553. The lowest BCUT2D eigenvalue weighted by Crippen LogP contribution is -2.41. The van der Waals surface area contributed by atoms with Crippen LogP contribution in [0.5, 0.6) is 0 Å². The quantitative estimate of drug-likeness (QED) is 0.633. The van der Waals surface area contributed by atoms with Crippen molar-refractivity contribution in [3.05, 3.63) is 36.4 Å². The van der Waals surface area contributed by atoms with Crippen molar-refractivity contribution in [1.82, 2.24) is 4.98 Å². The molecule has 5 heteroatoms. The van der Waals surface area contributed by atoms with Crippen LogP contribution < -0.4 is 5.46 Å². The van der Waals surface area contributed by atoms with E-state index in [9.17, 15) is 4.39 Å². The standard InChI is InChI=1S/C16H23BFNO2/c1-8-14(2,3)13-12(18)9-11(10-19-13)17-20-15(4,5)16(6,7)21-17/h8-10H,1H2,2-7H3. The fourth-order valence-electron chi connectivity index (χ4n) is 2.13. The lowest BCUT2D eigenvalue weighted by Gasteiger charge is -2.32. The number of pyridine rings is 1. The Morgan fingerprint density at radius 2 is 1.76 bits per heavy atom. The van der Waals surface area contributed by atoms with Crippen molar-refractivity contribution in [2.45, 2.75) is 58.2 Å². The van der Waals surface area contributed by atoms with Gasteiger partial charge in [-0.3, -0.25) is 4.98 Å². The second-order valence-corrected chi connectivity index (χ2v) is 7.11. The summed E-state index contributed by atoms with van der Waals surface area (Å²) >= 11 is 0. The van der Waals surface area contributed by atoms with E-state index in [0.717, 1.165) is 0 Å². The molecule has 0 bridgehead atoms. The van der Waals surface area contributed by atoms with Crippen LogP contribution in [-0.2, 0) is 14.7 Å². The first-order chi connectivity index (χ1) is 9.50. The normalized spacial score (nSPS) is 20.6. The van der Waals surface area contributed by atoms with Crippen molar-refractivity contribution < 1.29 is 13.7 Å². The third-order valence-corrected chi connectivity index (χ3v) is 4.51. The SMILES string of the molecule is C=CC(C)(C)c1ncc(B2OC(C)(C)C(C)(C)O2)cc1F. The summed E-state index contributed by atoms with van der Waals surface area (Å²) in [6, 6.07) is 1.44. The summed E-state index contributed by atoms with van der Waals surface area (Å²) in [5, 5.41) is 0. The minimum Gasteiger partial charge on any atom is -0.399 e. The molecular formula is C16H23BFNO2. The molecule has 1 aromatic rings. The Morgan fingerprint density at radius 1 is 1.24 bits per heavy atom. The average molecular weight is 291 g/mol. The van der Waals surface area contributed by atoms with Gasteiger partial charge in [0.25, 0.3) is 0 Å². The highest BCUT2D eigenvalue weighted by Crippen LogP contribution is 2.36. The predicted octanol–water partition coefficient (Wildman–Crippen LogP) is 2.98. The summed E-state index contributed by atoms with van der Waals surface area (Å²) in [6.07, 6.45) is 3.30. The van der Waals surface area contributed by atoms with Crippen molar-refractivity contribution in [2.75, 3.05) is 0 Å². The molecule has 0 radical (unpaired) electrons. The molecule has 1 aromatic heterocycles.